The van der Waals surface area contributed by atoms with Crippen LogP contribution in [0, 0.1) is 11.8 Å². The second-order valence-electron chi connectivity index (χ2n) is 7.44. The topological polar surface area (TPSA) is 49.8 Å². The summed E-state index contributed by atoms with van der Waals surface area (Å²) in [5.41, 5.74) is 5.18. The Bertz CT molecular complexity index is 792. The molecule has 26 heavy (non-hydrogen) atoms. The molecular weight excluding hydrogens is 320 g/mol. The van der Waals surface area contributed by atoms with Crippen molar-refractivity contribution in [3.8, 4) is 11.3 Å². The van der Waals surface area contributed by atoms with Crippen LogP contribution in [0.4, 0.5) is 0 Å². The van der Waals surface area contributed by atoms with Crippen molar-refractivity contribution in [2.45, 2.75) is 25.3 Å². The van der Waals surface area contributed by atoms with E-state index in [0.717, 1.165) is 52.5 Å². The van der Waals surface area contributed by atoms with Crippen LogP contribution in [0.25, 0.3) is 17.3 Å². The van der Waals surface area contributed by atoms with E-state index in [2.05, 4.69) is 63.8 Å². The summed E-state index contributed by atoms with van der Waals surface area (Å²) in [6.07, 6.45) is 7.72. The Morgan fingerprint density at radius 3 is 2.65 bits per heavy atom. The van der Waals surface area contributed by atoms with Gasteiger partial charge in [0.15, 0.2) is 0 Å². The lowest BCUT2D eigenvalue weighted by Crippen LogP contribution is -2.30. The molecule has 3 unspecified atom stereocenters. The first kappa shape index (κ1) is 17.0. The average molecular weight is 346 g/mol. The number of hydrogen-bond donors (Lipinski definition) is 2. The number of benzene rings is 1. The summed E-state index contributed by atoms with van der Waals surface area (Å²) < 4.78 is 0. The predicted octanol–water partition coefficient (Wildman–Crippen LogP) is 3.43. The highest BCUT2D eigenvalue weighted by molar-refractivity contribution is 5.62. The molecule has 2 fully saturated rings. The Hall–Kier alpha value is -2.46. The first-order valence-electron chi connectivity index (χ1n) is 9.42. The summed E-state index contributed by atoms with van der Waals surface area (Å²) in [5, 5.41) is 15.5. The van der Waals surface area contributed by atoms with Crippen molar-refractivity contribution in [3.05, 3.63) is 66.0 Å². The number of hydrogen-bond acceptors (Lipinski definition) is 4. The molecule has 1 aromatic carbocycles. The summed E-state index contributed by atoms with van der Waals surface area (Å²) in [7, 11) is 1.87. The fraction of sp³-hybridized carbons (Fsp3) is 0.364. The number of rotatable bonds is 6. The van der Waals surface area contributed by atoms with Crippen LogP contribution in [-0.2, 0) is 6.42 Å². The molecule has 0 amide bonds. The van der Waals surface area contributed by atoms with Crippen molar-refractivity contribution in [1.29, 1.82) is 0 Å². The summed E-state index contributed by atoms with van der Waals surface area (Å²) in [6.45, 7) is 5.07. The van der Waals surface area contributed by atoms with E-state index < -0.39 is 0 Å². The monoisotopic (exact) mass is 346 g/mol. The smallest absolute Gasteiger partial charge is 0.0929 e. The summed E-state index contributed by atoms with van der Waals surface area (Å²) in [5.74, 6) is 1.61. The second-order valence-corrected chi connectivity index (χ2v) is 7.44. The van der Waals surface area contributed by atoms with E-state index in [0.29, 0.717) is 0 Å². The zero-order valence-corrected chi connectivity index (χ0v) is 15.3. The van der Waals surface area contributed by atoms with Gasteiger partial charge in [-0.2, -0.15) is 10.2 Å². The van der Waals surface area contributed by atoms with Gasteiger partial charge < -0.3 is 10.6 Å². The van der Waals surface area contributed by atoms with E-state index >= 15 is 0 Å². The van der Waals surface area contributed by atoms with Gasteiger partial charge in [0.05, 0.1) is 11.4 Å². The third kappa shape index (κ3) is 3.70. The molecule has 4 nitrogen and oxygen atoms in total. The van der Waals surface area contributed by atoms with Crippen LogP contribution in [0.1, 0.15) is 24.1 Å². The summed E-state index contributed by atoms with van der Waals surface area (Å²) >= 11 is 0. The molecule has 4 heteroatoms. The number of aromatic nitrogens is 2. The first-order chi connectivity index (χ1) is 12.7. The number of likely N-dealkylation sites (N-methyl/N-ethyl adjacent to an activating group) is 1. The highest BCUT2D eigenvalue weighted by atomic mass is 15.1. The van der Waals surface area contributed by atoms with Crippen molar-refractivity contribution < 1.29 is 0 Å². The van der Waals surface area contributed by atoms with Crippen molar-refractivity contribution >= 4 is 6.08 Å². The van der Waals surface area contributed by atoms with Gasteiger partial charge in [0.25, 0.3) is 0 Å². The molecule has 1 aliphatic heterocycles. The molecule has 2 aliphatic rings. The maximum absolute atomic E-state index is 4.49. The first-order valence-corrected chi connectivity index (χ1v) is 9.42. The number of nitrogens with zero attached hydrogens (tertiary/aromatic N) is 2. The van der Waals surface area contributed by atoms with Crippen LogP contribution < -0.4 is 10.6 Å². The predicted molar refractivity (Wildman–Crippen MR) is 106 cm³/mol. The molecule has 4 rings (SSSR count). The largest absolute Gasteiger partial charge is 0.389 e. The SMILES string of the molecule is C=C(/C=C/c1ccc(-c2ccc(CC3CC4CC3CN4)nn2)cc1)NC. The van der Waals surface area contributed by atoms with Gasteiger partial charge >= 0.3 is 0 Å². The molecule has 0 spiro atoms. The lowest BCUT2D eigenvalue weighted by Gasteiger charge is -2.21. The molecule has 0 radical (unpaired) electrons. The van der Waals surface area contributed by atoms with E-state index in [4.69, 9.17) is 0 Å². The highest BCUT2D eigenvalue weighted by Gasteiger charge is 2.39. The Morgan fingerprint density at radius 2 is 2.04 bits per heavy atom. The average Bonchev–Trinajstić information content (AvgIpc) is 3.30. The zero-order chi connectivity index (χ0) is 17.9. The standard InChI is InChI=1S/C22H26N4/c1-15(23-2)3-4-16-5-7-17(8-6-16)22-10-9-20(25-26-22)11-18-12-21-13-19(18)14-24-21/h3-10,18-19,21,23-24H,1,11-14H2,2H3/b4-3+. The number of allylic oxidation sites excluding steroid dienone is 1. The van der Waals surface area contributed by atoms with Crippen LogP contribution in [0.5, 0.6) is 0 Å². The number of fused-ring (bicyclic) bond motifs is 2. The Labute approximate surface area is 155 Å². The van der Waals surface area contributed by atoms with Gasteiger partial charge in [-0.25, -0.2) is 0 Å². The molecule has 1 saturated heterocycles. The Morgan fingerprint density at radius 1 is 1.19 bits per heavy atom. The summed E-state index contributed by atoms with van der Waals surface area (Å²) in [4.78, 5) is 0. The molecule has 1 aliphatic carbocycles. The molecule has 1 saturated carbocycles. The summed E-state index contributed by atoms with van der Waals surface area (Å²) in [6, 6.07) is 13.4. The van der Waals surface area contributed by atoms with E-state index in [9.17, 15) is 0 Å². The minimum absolute atomic E-state index is 0.745. The molecule has 2 bridgehead atoms. The van der Waals surface area contributed by atoms with Gasteiger partial charge in [0.2, 0.25) is 0 Å². The van der Waals surface area contributed by atoms with Crippen LogP contribution in [0.15, 0.2) is 54.8 Å². The zero-order valence-electron chi connectivity index (χ0n) is 15.3. The lowest BCUT2D eigenvalue weighted by atomic mass is 9.90. The van der Waals surface area contributed by atoms with Gasteiger partial charge in [0.1, 0.15) is 0 Å². The molecule has 3 atom stereocenters. The fourth-order valence-corrected chi connectivity index (χ4v) is 4.13. The number of piperidine rings is 1. The van der Waals surface area contributed by atoms with Crippen LogP contribution in [-0.4, -0.2) is 29.8 Å². The Balaban J connectivity index is 1.40. The maximum atomic E-state index is 4.49. The molecule has 2 heterocycles. The van der Waals surface area contributed by atoms with Gasteiger partial charge in [-0.1, -0.05) is 36.9 Å². The quantitative estimate of drug-likeness (QED) is 0.787. The third-order valence-electron chi connectivity index (χ3n) is 5.71. The molecule has 2 N–H and O–H groups in total. The molecule has 2 aromatic rings. The van der Waals surface area contributed by atoms with Crippen LogP contribution in [0.3, 0.4) is 0 Å². The lowest BCUT2D eigenvalue weighted by molar-refractivity contribution is 0.346. The fourth-order valence-electron chi connectivity index (χ4n) is 4.13. The minimum atomic E-state index is 0.745. The van der Waals surface area contributed by atoms with Gasteiger partial charge in [-0.05, 0) is 61.4 Å². The van der Waals surface area contributed by atoms with Crippen molar-refractivity contribution in [2.24, 2.45) is 11.8 Å². The minimum Gasteiger partial charge on any atom is -0.389 e. The van der Waals surface area contributed by atoms with Crippen molar-refractivity contribution in [2.75, 3.05) is 13.6 Å². The van der Waals surface area contributed by atoms with Crippen molar-refractivity contribution in [3.63, 3.8) is 0 Å². The normalized spacial score (nSPS) is 24.3. The van der Waals surface area contributed by atoms with Gasteiger partial charge in [0, 0.05) is 24.4 Å². The number of nitrogens with one attached hydrogen (secondary N) is 2. The van der Waals surface area contributed by atoms with E-state index in [1.807, 2.05) is 19.2 Å². The van der Waals surface area contributed by atoms with Gasteiger partial charge in [-0.3, -0.25) is 0 Å². The van der Waals surface area contributed by atoms with Gasteiger partial charge in [-0.15, -0.1) is 0 Å². The molecule has 1 aromatic heterocycles. The maximum Gasteiger partial charge on any atom is 0.0929 e. The Kier molecular flexibility index (Phi) is 4.85. The van der Waals surface area contributed by atoms with Crippen LogP contribution in [0.2, 0.25) is 0 Å². The van der Waals surface area contributed by atoms with Crippen molar-refractivity contribution in [1.82, 2.24) is 20.8 Å². The molecule has 134 valence electrons. The van der Waals surface area contributed by atoms with Crippen LogP contribution >= 0.6 is 0 Å². The highest BCUT2D eigenvalue weighted by Crippen LogP contribution is 2.38. The van der Waals surface area contributed by atoms with E-state index in [1.54, 1.807) is 0 Å². The van der Waals surface area contributed by atoms with E-state index in [1.165, 1.54) is 19.4 Å². The third-order valence-corrected chi connectivity index (χ3v) is 5.71. The van der Waals surface area contributed by atoms with E-state index in [-0.39, 0.29) is 0 Å². The molecular formula is C22H26N4. The second kappa shape index (κ2) is 7.42.